The topological polar surface area (TPSA) is 138 Å². The lowest BCUT2D eigenvalue weighted by Crippen LogP contribution is -2.19. The average Bonchev–Trinajstić information content (AvgIpc) is 3.88. The van der Waals surface area contributed by atoms with E-state index in [4.69, 9.17) is 19.1 Å². The van der Waals surface area contributed by atoms with Crippen LogP contribution in [0.5, 0.6) is 0 Å². The molecule has 0 N–H and O–H groups in total. The van der Waals surface area contributed by atoms with Crippen LogP contribution in [0.4, 0.5) is 8.78 Å². The maximum atomic E-state index is 14.5. The van der Waals surface area contributed by atoms with E-state index in [2.05, 4.69) is 10.2 Å². The molecule has 0 spiro atoms. The number of nitriles is 1. The van der Waals surface area contributed by atoms with Crippen LogP contribution in [0.1, 0.15) is 47.7 Å². The van der Waals surface area contributed by atoms with Gasteiger partial charge in [0, 0.05) is 25.6 Å². The van der Waals surface area contributed by atoms with E-state index in [1.165, 1.54) is 28.8 Å². The van der Waals surface area contributed by atoms with Crippen molar-refractivity contribution in [3.05, 3.63) is 121 Å². The first-order chi connectivity index (χ1) is 23.7. The molecule has 7 aromatic rings. The highest BCUT2D eigenvalue weighted by molar-refractivity contribution is 6.02. The second kappa shape index (κ2) is 11.5. The van der Waals surface area contributed by atoms with Gasteiger partial charge in [-0.15, -0.1) is 10.2 Å². The zero-order valence-corrected chi connectivity index (χ0v) is 26.4. The molecule has 0 radical (unpaired) electrons. The number of benzene rings is 3. The molecule has 0 bridgehead atoms. The molecular formula is C36H27F2N7O4. The van der Waals surface area contributed by atoms with Crippen LogP contribution >= 0.6 is 0 Å². The van der Waals surface area contributed by atoms with Gasteiger partial charge in [-0.1, -0.05) is 24.3 Å². The predicted octanol–water partition coefficient (Wildman–Crippen LogP) is 6.08. The summed E-state index contributed by atoms with van der Waals surface area (Å²) in [6, 6.07) is 16.9. The molecule has 1 atom stereocenters. The maximum absolute atomic E-state index is 14.5. The minimum atomic E-state index is -0.679. The molecule has 0 saturated heterocycles. The van der Waals surface area contributed by atoms with E-state index in [9.17, 15) is 18.4 Å². The van der Waals surface area contributed by atoms with Crippen LogP contribution in [-0.4, -0.2) is 29.1 Å². The summed E-state index contributed by atoms with van der Waals surface area (Å²) in [5.74, 6) is -1.15. The Bertz CT molecular complexity index is 2600. The van der Waals surface area contributed by atoms with Crippen molar-refractivity contribution >= 4 is 22.1 Å². The van der Waals surface area contributed by atoms with Gasteiger partial charge in [-0.05, 0) is 79.3 Å². The van der Waals surface area contributed by atoms with Gasteiger partial charge >= 0.3 is 5.76 Å². The fourth-order valence-electron chi connectivity index (χ4n) is 6.78. The van der Waals surface area contributed by atoms with E-state index in [1.807, 2.05) is 10.8 Å². The molecule has 0 fully saturated rings. The van der Waals surface area contributed by atoms with Crippen molar-refractivity contribution in [2.45, 2.75) is 52.2 Å². The lowest BCUT2D eigenvalue weighted by molar-refractivity contribution is 0.488. The van der Waals surface area contributed by atoms with Crippen molar-refractivity contribution in [2.75, 3.05) is 0 Å². The van der Waals surface area contributed by atoms with E-state index in [-0.39, 0.29) is 28.4 Å². The van der Waals surface area contributed by atoms with Crippen molar-refractivity contribution in [3.8, 4) is 28.7 Å². The molecule has 4 aromatic heterocycles. The number of rotatable bonds is 7. The number of oxazole rings is 1. The second-order valence-electron chi connectivity index (χ2n) is 12.1. The molecule has 244 valence electrons. The monoisotopic (exact) mass is 659 g/mol. The molecule has 8 rings (SSSR count). The number of pyridine rings is 1. The minimum Gasteiger partial charge on any atom is -0.421 e. The highest BCUT2D eigenvalue weighted by atomic mass is 19.1. The quantitative estimate of drug-likeness (QED) is 0.201. The first-order valence-corrected chi connectivity index (χ1v) is 15.8. The van der Waals surface area contributed by atoms with Crippen LogP contribution in [0.25, 0.3) is 44.7 Å². The Morgan fingerprint density at radius 1 is 0.939 bits per heavy atom. The van der Waals surface area contributed by atoms with Gasteiger partial charge in [0.1, 0.15) is 17.7 Å². The SMILES string of the molecule is Cc1nnc(-c2c(CCc3ccc(F)cc3)nc3c(c2-c2ccc4c(c2)oc(=O)n4[C@@H](C)c2ccc(C#N)c(F)c2)c(=O)n2n3CCC2)o1. The third kappa shape index (κ3) is 4.95. The van der Waals surface area contributed by atoms with Crippen molar-refractivity contribution < 1.29 is 17.6 Å². The highest BCUT2D eigenvalue weighted by Gasteiger charge is 2.30. The van der Waals surface area contributed by atoms with E-state index in [0.29, 0.717) is 76.3 Å². The maximum Gasteiger partial charge on any atom is 0.420 e. The van der Waals surface area contributed by atoms with Gasteiger partial charge in [0.15, 0.2) is 11.2 Å². The van der Waals surface area contributed by atoms with Crippen LogP contribution in [0.2, 0.25) is 0 Å². The summed E-state index contributed by atoms with van der Waals surface area (Å²) >= 11 is 0. The second-order valence-corrected chi connectivity index (χ2v) is 12.1. The van der Waals surface area contributed by atoms with Crippen LogP contribution in [-0.2, 0) is 25.9 Å². The summed E-state index contributed by atoms with van der Waals surface area (Å²) in [6.07, 6.45) is 1.73. The van der Waals surface area contributed by atoms with Crippen molar-refractivity contribution in [1.29, 1.82) is 5.26 Å². The minimum absolute atomic E-state index is 0.0921. The van der Waals surface area contributed by atoms with Gasteiger partial charge in [-0.25, -0.2) is 23.2 Å². The molecule has 1 aliphatic rings. The van der Waals surface area contributed by atoms with Gasteiger partial charge in [-0.2, -0.15) is 5.26 Å². The highest BCUT2D eigenvalue weighted by Crippen LogP contribution is 2.40. The van der Waals surface area contributed by atoms with E-state index >= 15 is 0 Å². The molecular weight excluding hydrogens is 632 g/mol. The smallest absolute Gasteiger partial charge is 0.420 e. The molecule has 3 aromatic carbocycles. The Morgan fingerprint density at radius 2 is 1.73 bits per heavy atom. The molecule has 0 amide bonds. The Kier molecular flexibility index (Phi) is 7.10. The zero-order chi connectivity index (χ0) is 34.0. The number of aryl methyl sites for hydroxylation is 4. The van der Waals surface area contributed by atoms with Gasteiger partial charge in [0.25, 0.3) is 5.56 Å². The van der Waals surface area contributed by atoms with Crippen molar-refractivity contribution in [2.24, 2.45) is 0 Å². The molecule has 1 aliphatic heterocycles. The molecule has 0 saturated carbocycles. The van der Waals surface area contributed by atoms with Gasteiger partial charge in [-0.3, -0.25) is 14.0 Å². The molecule has 13 heteroatoms. The number of halogens is 2. The largest absolute Gasteiger partial charge is 0.421 e. The Balaban J connectivity index is 1.34. The predicted molar refractivity (Wildman–Crippen MR) is 175 cm³/mol. The first kappa shape index (κ1) is 30.2. The van der Waals surface area contributed by atoms with E-state index < -0.39 is 17.6 Å². The Hall–Kier alpha value is -6.16. The molecule has 49 heavy (non-hydrogen) atoms. The Morgan fingerprint density at radius 3 is 2.47 bits per heavy atom. The number of fused-ring (bicyclic) bond motifs is 4. The number of hydrogen-bond acceptors (Lipinski definition) is 8. The van der Waals surface area contributed by atoms with Crippen LogP contribution in [0, 0.1) is 29.9 Å². The number of hydrogen-bond donors (Lipinski definition) is 0. The fourth-order valence-corrected chi connectivity index (χ4v) is 6.78. The lowest BCUT2D eigenvalue weighted by Gasteiger charge is -2.15. The first-order valence-electron chi connectivity index (χ1n) is 15.8. The number of nitrogens with zero attached hydrogens (tertiary/aromatic N) is 7. The van der Waals surface area contributed by atoms with Gasteiger partial charge in [0.05, 0.1) is 33.8 Å². The van der Waals surface area contributed by atoms with Crippen molar-refractivity contribution in [3.63, 3.8) is 0 Å². The summed E-state index contributed by atoms with van der Waals surface area (Å²) in [5.41, 5.74) is 4.48. The van der Waals surface area contributed by atoms with Crippen LogP contribution < -0.4 is 11.3 Å². The van der Waals surface area contributed by atoms with Gasteiger partial charge in [0.2, 0.25) is 11.8 Å². The molecule has 5 heterocycles. The number of aromatic nitrogens is 6. The van der Waals surface area contributed by atoms with E-state index in [0.717, 1.165) is 12.0 Å². The zero-order valence-electron chi connectivity index (χ0n) is 26.4. The summed E-state index contributed by atoms with van der Waals surface area (Å²) in [4.78, 5) is 32.4. The van der Waals surface area contributed by atoms with Crippen LogP contribution in [0.3, 0.4) is 0 Å². The molecule has 0 aliphatic carbocycles. The summed E-state index contributed by atoms with van der Waals surface area (Å²) in [5, 5.41) is 17.9. The third-order valence-electron chi connectivity index (χ3n) is 9.17. The van der Waals surface area contributed by atoms with E-state index in [1.54, 1.807) is 54.9 Å². The average molecular weight is 660 g/mol. The molecule has 0 unspecified atom stereocenters. The lowest BCUT2D eigenvalue weighted by atomic mass is 9.93. The normalized spacial score (nSPS) is 13.3. The Labute approximate surface area is 276 Å². The van der Waals surface area contributed by atoms with Crippen molar-refractivity contribution in [1.82, 2.24) is 29.1 Å². The standard InChI is InChI=1S/C36H27F2N7O4/c1-19(22-7-8-24(18-39)26(38)16-22)45-28-13-9-23(17-29(28)49-36(45)47)30-31(34-42-41-20(2)48-34)27(12-6-21-4-10-25(37)11-5-21)40-33-32(30)35(46)44-15-3-14-43(33)44/h4-5,7-11,13,16-17,19H,3,6,12,14-15H2,1-2H3/t19-/m0/s1. The fraction of sp³-hybridized carbons (Fsp3) is 0.222. The summed E-state index contributed by atoms with van der Waals surface area (Å²) < 4.78 is 44.9. The van der Waals surface area contributed by atoms with Crippen LogP contribution in [0.15, 0.2) is 79.1 Å². The summed E-state index contributed by atoms with van der Waals surface area (Å²) in [6.45, 7) is 4.57. The molecule has 11 nitrogen and oxygen atoms in total. The van der Waals surface area contributed by atoms with Gasteiger partial charge < -0.3 is 8.83 Å². The third-order valence-corrected chi connectivity index (χ3v) is 9.17. The summed E-state index contributed by atoms with van der Waals surface area (Å²) in [7, 11) is 0.